The number of halogens is 1. The van der Waals surface area contributed by atoms with Crippen LogP contribution in [0.4, 0.5) is 15.0 Å². The number of nitrogens with two attached hydrogens (primary N) is 1. The van der Waals surface area contributed by atoms with Crippen molar-refractivity contribution in [3.63, 3.8) is 0 Å². The molecule has 2 aromatic rings. The predicted molar refractivity (Wildman–Crippen MR) is 105 cm³/mol. The number of alkyl carbamates (subject to hydrolysis) is 1. The zero-order chi connectivity index (χ0) is 20.9. The van der Waals surface area contributed by atoms with Crippen LogP contribution in [0.25, 0.3) is 0 Å². The Morgan fingerprint density at radius 1 is 1.34 bits per heavy atom. The van der Waals surface area contributed by atoms with Crippen molar-refractivity contribution in [2.24, 2.45) is 5.73 Å². The van der Waals surface area contributed by atoms with Gasteiger partial charge in [0.2, 0.25) is 0 Å². The Hall–Kier alpha value is -3.67. The number of pyridine rings is 1. The van der Waals surface area contributed by atoms with Gasteiger partial charge in [-0.15, -0.1) is 0 Å². The average Bonchev–Trinajstić information content (AvgIpc) is 2.73. The van der Waals surface area contributed by atoms with Crippen LogP contribution in [0, 0.1) is 22.6 Å². The summed E-state index contributed by atoms with van der Waals surface area (Å²) in [6.45, 7) is 0.628. The largest absolute Gasteiger partial charge is 0.444 e. The molecule has 0 spiro atoms. The molecule has 1 fully saturated rings. The Bertz CT molecular complexity index is 936. The van der Waals surface area contributed by atoms with Crippen LogP contribution in [-0.2, 0) is 16.8 Å². The first-order valence-corrected chi connectivity index (χ1v) is 9.08. The monoisotopic (exact) mass is 396 g/mol. The number of benzene rings is 1. The van der Waals surface area contributed by atoms with Crippen LogP contribution in [0.2, 0.25) is 0 Å². The minimum atomic E-state index is -0.935. The lowest BCUT2D eigenvalue weighted by molar-refractivity contribution is 0.143. The standard InChI is InChI=1S/C20H21FN6O2/c21-16-14(12-29-19(28)26-18(23)24)6-9-25-17(16)27-10-7-20(13-22,8-11-27)15-4-2-1-3-5-15/h1-6,9H,7-8,10-12H2,(H4,23,24,26,28). The second kappa shape index (κ2) is 8.56. The number of nitrogens with one attached hydrogen (secondary N) is 2. The van der Waals surface area contributed by atoms with Gasteiger partial charge in [0.15, 0.2) is 17.6 Å². The molecule has 0 bridgehead atoms. The zero-order valence-electron chi connectivity index (χ0n) is 15.7. The van der Waals surface area contributed by atoms with Crippen molar-refractivity contribution in [1.29, 1.82) is 10.7 Å². The van der Waals surface area contributed by atoms with E-state index in [-0.39, 0.29) is 18.0 Å². The first-order chi connectivity index (χ1) is 13.9. The highest BCUT2D eigenvalue weighted by atomic mass is 19.1. The van der Waals surface area contributed by atoms with Gasteiger partial charge in [0.25, 0.3) is 0 Å². The van der Waals surface area contributed by atoms with E-state index in [1.807, 2.05) is 35.6 Å². The van der Waals surface area contributed by atoms with Crippen molar-refractivity contribution in [2.45, 2.75) is 24.9 Å². The lowest BCUT2D eigenvalue weighted by Crippen LogP contribution is -2.42. The molecule has 9 heteroatoms. The summed E-state index contributed by atoms with van der Waals surface area (Å²) in [6, 6.07) is 13.5. The lowest BCUT2D eigenvalue weighted by atomic mass is 9.74. The third kappa shape index (κ3) is 4.43. The fourth-order valence-corrected chi connectivity index (χ4v) is 3.42. The van der Waals surface area contributed by atoms with Crippen LogP contribution in [-0.4, -0.2) is 30.1 Å². The van der Waals surface area contributed by atoms with Gasteiger partial charge in [-0.25, -0.2) is 14.2 Å². The highest BCUT2D eigenvalue weighted by Gasteiger charge is 2.37. The number of carbonyl (C=O) groups is 1. The van der Waals surface area contributed by atoms with Gasteiger partial charge in [-0.1, -0.05) is 30.3 Å². The summed E-state index contributed by atoms with van der Waals surface area (Å²) in [4.78, 5) is 17.4. The third-order valence-electron chi connectivity index (χ3n) is 5.00. The van der Waals surface area contributed by atoms with Gasteiger partial charge in [0.1, 0.15) is 6.61 Å². The molecule has 0 atom stereocenters. The number of carbonyl (C=O) groups excluding carboxylic acids is 1. The number of hydrogen-bond donors (Lipinski definition) is 3. The number of piperidine rings is 1. The number of aromatic nitrogens is 1. The molecule has 3 rings (SSSR count). The zero-order valence-corrected chi connectivity index (χ0v) is 15.7. The number of nitrogens with zero attached hydrogens (tertiary/aromatic N) is 3. The molecule has 1 aromatic carbocycles. The third-order valence-corrected chi connectivity index (χ3v) is 5.00. The normalized spacial score (nSPS) is 15.2. The number of guanidine groups is 1. The van der Waals surface area contributed by atoms with E-state index < -0.39 is 23.3 Å². The van der Waals surface area contributed by atoms with Crippen molar-refractivity contribution in [1.82, 2.24) is 10.3 Å². The molecule has 0 saturated carbocycles. The smallest absolute Gasteiger partial charge is 0.414 e. The highest BCUT2D eigenvalue weighted by Crippen LogP contribution is 2.36. The number of hydrogen-bond acceptors (Lipinski definition) is 6. The molecule has 29 heavy (non-hydrogen) atoms. The summed E-state index contributed by atoms with van der Waals surface area (Å²) < 4.78 is 19.8. The number of amides is 1. The van der Waals surface area contributed by atoms with Crippen LogP contribution in [0.1, 0.15) is 24.0 Å². The highest BCUT2D eigenvalue weighted by molar-refractivity contribution is 5.90. The van der Waals surface area contributed by atoms with Crippen molar-refractivity contribution in [2.75, 3.05) is 18.0 Å². The molecule has 0 unspecified atom stereocenters. The maximum absolute atomic E-state index is 14.9. The molecule has 1 aromatic heterocycles. The Labute approximate surface area is 167 Å². The van der Waals surface area contributed by atoms with E-state index >= 15 is 0 Å². The number of rotatable bonds is 4. The van der Waals surface area contributed by atoms with E-state index in [1.165, 1.54) is 12.3 Å². The first kappa shape index (κ1) is 20.1. The van der Waals surface area contributed by atoms with Crippen molar-refractivity contribution in [3.8, 4) is 6.07 Å². The predicted octanol–water partition coefficient (Wildman–Crippen LogP) is 2.40. The molecular weight excluding hydrogens is 375 g/mol. The molecule has 1 amide bonds. The number of ether oxygens (including phenoxy) is 1. The summed E-state index contributed by atoms with van der Waals surface area (Å²) >= 11 is 0. The fourth-order valence-electron chi connectivity index (χ4n) is 3.42. The van der Waals surface area contributed by atoms with Gasteiger partial charge in [0.05, 0.1) is 11.5 Å². The minimum absolute atomic E-state index is 0.161. The van der Waals surface area contributed by atoms with E-state index in [9.17, 15) is 14.4 Å². The summed E-state index contributed by atoms with van der Waals surface area (Å²) in [6.07, 6.45) is 1.62. The van der Waals surface area contributed by atoms with Crippen LogP contribution in [0.3, 0.4) is 0 Å². The SMILES string of the molecule is N#CC1(c2ccccc2)CCN(c2nccc(COC(=O)NC(=N)N)c2F)CC1. The summed E-state index contributed by atoms with van der Waals surface area (Å²) in [7, 11) is 0. The Kier molecular flexibility index (Phi) is 5.93. The summed E-state index contributed by atoms with van der Waals surface area (Å²) in [5, 5.41) is 18.7. The molecule has 0 radical (unpaired) electrons. The maximum atomic E-state index is 14.9. The van der Waals surface area contributed by atoms with Crippen molar-refractivity contribution < 1.29 is 13.9 Å². The van der Waals surface area contributed by atoms with E-state index in [0.717, 1.165) is 5.56 Å². The molecule has 8 nitrogen and oxygen atoms in total. The van der Waals surface area contributed by atoms with Gasteiger partial charge in [0, 0.05) is 24.8 Å². The van der Waals surface area contributed by atoms with Crippen molar-refractivity contribution in [3.05, 3.63) is 59.5 Å². The number of nitriles is 1. The molecule has 4 N–H and O–H groups in total. The first-order valence-electron chi connectivity index (χ1n) is 9.08. The van der Waals surface area contributed by atoms with Gasteiger partial charge < -0.3 is 15.4 Å². The van der Waals surface area contributed by atoms with Gasteiger partial charge in [-0.2, -0.15) is 5.26 Å². The molecule has 1 aliphatic rings. The van der Waals surface area contributed by atoms with Gasteiger partial charge in [-0.3, -0.25) is 10.7 Å². The Morgan fingerprint density at radius 3 is 2.66 bits per heavy atom. The Morgan fingerprint density at radius 2 is 2.03 bits per heavy atom. The molecular formula is C20H21FN6O2. The van der Waals surface area contributed by atoms with E-state index in [4.69, 9.17) is 15.9 Å². The minimum Gasteiger partial charge on any atom is -0.444 e. The van der Waals surface area contributed by atoms with Gasteiger partial charge in [-0.05, 0) is 24.5 Å². The topological polar surface area (TPSA) is 128 Å². The molecule has 2 heterocycles. The summed E-state index contributed by atoms with van der Waals surface area (Å²) in [5.74, 6) is -0.969. The Balaban J connectivity index is 1.70. The van der Waals surface area contributed by atoms with Crippen LogP contribution >= 0.6 is 0 Å². The van der Waals surface area contributed by atoms with Crippen LogP contribution in [0.15, 0.2) is 42.6 Å². The van der Waals surface area contributed by atoms with Crippen LogP contribution < -0.4 is 16.0 Å². The number of anilines is 1. The second-order valence-corrected chi connectivity index (χ2v) is 6.77. The van der Waals surface area contributed by atoms with E-state index in [2.05, 4.69) is 11.1 Å². The maximum Gasteiger partial charge on any atom is 0.414 e. The van der Waals surface area contributed by atoms with Gasteiger partial charge >= 0.3 is 6.09 Å². The molecule has 150 valence electrons. The fraction of sp³-hybridized carbons (Fsp3) is 0.300. The molecule has 0 aliphatic carbocycles. The lowest BCUT2D eigenvalue weighted by Gasteiger charge is -2.38. The molecule has 1 saturated heterocycles. The van der Waals surface area contributed by atoms with Crippen molar-refractivity contribution >= 4 is 17.9 Å². The average molecular weight is 396 g/mol. The second-order valence-electron chi connectivity index (χ2n) is 6.77. The van der Waals surface area contributed by atoms with E-state index in [1.54, 1.807) is 4.90 Å². The quantitative estimate of drug-likeness (QED) is 0.538. The van der Waals surface area contributed by atoms with Crippen LogP contribution in [0.5, 0.6) is 0 Å². The summed E-state index contributed by atoms with van der Waals surface area (Å²) in [5.41, 5.74) is 5.58. The van der Waals surface area contributed by atoms with E-state index in [0.29, 0.717) is 25.9 Å². The molecule has 1 aliphatic heterocycles.